The molecule has 0 amide bonds. The predicted octanol–water partition coefficient (Wildman–Crippen LogP) is 2.57. The Morgan fingerprint density at radius 1 is 0.632 bits per heavy atom. The minimum atomic E-state index is -0.171. The third kappa shape index (κ3) is 4.07. The van der Waals surface area contributed by atoms with E-state index in [0.717, 1.165) is 22.9 Å². The van der Waals surface area contributed by atoms with Crippen molar-refractivity contribution in [2.45, 2.75) is 105 Å². The highest BCUT2D eigenvalue weighted by Crippen LogP contribution is 2.60. The Balaban J connectivity index is 1.89. The van der Waals surface area contributed by atoms with Gasteiger partial charge in [0.25, 0.3) is 0 Å². The van der Waals surface area contributed by atoms with Crippen LogP contribution in [-0.4, -0.2) is 43.5 Å². The smallest absolute Gasteiger partial charge is 0.164 e. The minimum Gasteiger partial charge on any atom is -0.256 e. The van der Waals surface area contributed by atoms with Crippen LogP contribution in [0.1, 0.15) is 106 Å². The first-order valence-corrected chi connectivity index (χ1v) is 14.0. The lowest BCUT2D eigenvalue weighted by molar-refractivity contribution is 0.125. The van der Waals surface area contributed by atoms with Gasteiger partial charge in [-0.25, -0.2) is 15.0 Å². The molecule has 2 aromatic heterocycles. The van der Waals surface area contributed by atoms with E-state index in [2.05, 4.69) is 119 Å². The zero-order chi connectivity index (χ0) is 28.8. The van der Waals surface area contributed by atoms with Crippen molar-refractivity contribution in [1.29, 1.82) is 0 Å². The number of benzene rings is 1. The van der Waals surface area contributed by atoms with Gasteiger partial charge in [-0.2, -0.15) is 0 Å². The van der Waals surface area contributed by atoms with Crippen LogP contribution in [-0.2, 0) is 21.7 Å². The summed E-state index contributed by atoms with van der Waals surface area (Å²) in [4.78, 5) is 19.6. The average Bonchev–Trinajstić information content (AvgIpc) is 2.90. The van der Waals surface area contributed by atoms with Crippen LogP contribution in [0.4, 0.5) is 0 Å². The van der Waals surface area contributed by atoms with Crippen LogP contribution in [0, 0.1) is 5.41 Å². The highest BCUT2D eigenvalue weighted by Gasteiger charge is 2.58. The summed E-state index contributed by atoms with van der Waals surface area (Å²) in [6.07, 6.45) is 1.93. The average molecular weight is 506 g/mol. The highest BCUT2D eigenvalue weighted by molar-refractivity contribution is 6.55. The first-order chi connectivity index (χ1) is 17.1. The van der Waals surface area contributed by atoms with E-state index < -0.39 is 0 Å². The lowest BCUT2D eigenvalue weighted by Gasteiger charge is -2.45. The number of hydrogen-bond acceptors (Lipinski definition) is 4. The number of aromatic nitrogens is 4. The Bertz CT molecular complexity index is 1390. The molecule has 1 aliphatic rings. The van der Waals surface area contributed by atoms with Gasteiger partial charge in [0, 0.05) is 22.6 Å². The second kappa shape index (κ2) is 8.54. The van der Waals surface area contributed by atoms with E-state index in [1.807, 2.05) is 6.20 Å². The largest absolute Gasteiger partial charge is 0.256 e. The van der Waals surface area contributed by atoms with E-state index in [-0.39, 0.29) is 27.1 Å². The van der Waals surface area contributed by atoms with Crippen LogP contribution >= 0.6 is 0 Å². The molecule has 1 aromatic carbocycles. The van der Waals surface area contributed by atoms with E-state index in [0.29, 0.717) is 5.82 Å². The Morgan fingerprint density at radius 2 is 1.11 bits per heavy atom. The van der Waals surface area contributed by atoms with Gasteiger partial charge in [0.05, 0.1) is 5.69 Å². The van der Waals surface area contributed by atoms with Crippen molar-refractivity contribution in [3.05, 3.63) is 41.1 Å². The molecule has 0 saturated carbocycles. The maximum Gasteiger partial charge on any atom is 0.164 e. The van der Waals surface area contributed by atoms with Crippen molar-refractivity contribution < 1.29 is 0 Å². The summed E-state index contributed by atoms with van der Waals surface area (Å²) in [5.74, 6) is 2.31. The van der Waals surface area contributed by atoms with Crippen molar-refractivity contribution in [2.75, 3.05) is 0 Å². The zero-order valence-corrected chi connectivity index (χ0v) is 26.5. The molecule has 38 heavy (non-hydrogen) atoms. The maximum atomic E-state index is 5.02. The van der Waals surface area contributed by atoms with E-state index in [1.54, 1.807) is 0 Å². The summed E-state index contributed by atoms with van der Waals surface area (Å²) in [5.41, 5.74) is 10.2. The molecule has 0 fully saturated rings. The normalized spacial score (nSPS) is 17.9. The first-order valence-electron chi connectivity index (χ1n) is 14.0. The molecule has 0 aliphatic heterocycles. The fourth-order valence-electron chi connectivity index (χ4n) is 6.36. The molecular formula is C31H45B3N4. The molecule has 4 rings (SSSR count). The molecule has 2 heterocycles. The van der Waals surface area contributed by atoms with Gasteiger partial charge in [0.2, 0.25) is 0 Å². The molecule has 4 nitrogen and oxygen atoms in total. The van der Waals surface area contributed by atoms with Gasteiger partial charge in [0.15, 0.2) is 5.82 Å². The highest BCUT2D eigenvalue weighted by atomic mass is 15.1. The number of nitrogens with zero attached hydrogens (tertiary/aromatic N) is 4. The second-order valence-corrected chi connectivity index (χ2v) is 15.1. The van der Waals surface area contributed by atoms with Gasteiger partial charge in [-0.05, 0) is 45.1 Å². The molecule has 0 unspecified atom stereocenters. The van der Waals surface area contributed by atoms with Crippen LogP contribution in [0.3, 0.4) is 0 Å². The fourth-order valence-corrected chi connectivity index (χ4v) is 6.36. The molecule has 0 atom stereocenters. The molecule has 198 valence electrons. The Hall–Kier alpha value is -2.43. The Morgan fingerprint density at radius 3 is 1.53 bits per heavy atom. The molecule has 0 bridgehead atoms. The molecule has 0 radical (unpaired) electrons. The summed E-state index contributed by atoms with van der Waals surface area (Å²) < 4.78 is 0. The van der Waals surface area contributed by atoms with Crippen molar-refractivity contribution in [3.63, 3.8) is 0 Å². The summed E-state index contributed by atoms with van der Waals surface area (Å²) in [7, 11) is 6.86. The van der Waals surface area contributed by atoms with E-state index in [1.165, 1.54) is 33.1 Å². The van der Waals surface area contributed by atoms with E-state index in [9.17, 15) is 0 Å². The van der Waals surface area contributed by atoms with Crippen LogP contribution in [0.25, 0.3) is 22.6 Å². The van der Waals surface area contributed by atoms with E-state index >= 15 is 0 Å². The van der Waals surface area contributed by atoms with Gasteiger partial charge in [-0.1, -0.05) is 99.5 Å². The monoisotopic (exact) mass is 506 g/mol. The summed E-state index contributed by atoms with van der Waals surface area (Å²) >= 11 is 0. The molecular weight excluding hydrogens is 461 g/mol. The van der Waals surface area contributed by atoms with Crippen molar-refractivity contribution in [1.82, 2.24) is 19.9 Å². The third-order valence-electron chi connectivity index (χ3n) is 9.94. The molecule has 1 aliphatic carbocycles. The lowest BCUT2D eigenvalue weighted by Crippen LogP contribution is -2.44. The Kier molecular flexibility index (Phi) is 6.42. The van der Waals surface area contributed by atoms with Crippen LogP contribution in [0.5, 0.6) is 0 Å². The zero-order valence-electron chi connectivity index (χ0n) is 26.5. The first kappa shape index (κ1) is 28.6. The van der Waals surface area contributed by atoms with Gasteiger partial charge < -0.3 is 0 Å². The number of fused-ring (bicyclic) bond motifs is 1. The molecule has 0 spiro atoms. The topological polar surface area (TPSA) is 51.6 Å². The molecule has 0 N–H and O–H groups in total. The SMILES string of the molecule is Bc1c(B)c2c(c(B)c1-c1ccc(-c3nc(C(C)(C)C)nc(C(C)(C)C)n3)cn1)C(C)(C)C(C)(C)C2(C)C. The van der Waals surface area contributed by atoms with Crippen molar-refractivity contribution in [2.24, 2.45) is 5.41 Å². The molecule has 0 saturated heterocycles. The molecule has 7 heteroatoms. The van der Waals surface area contributed by atoms with Gasteiger partial charge in [-0.3, -0.25) is 4.98 Å². The quantitative estimate of drug-likeness (QED) is 0.502. The predicted molar refractivity (Wildman–Crippen MR) is 170 cm³/mol. The number of rotatable bonds is 2. The van der Waals surface area contributed by atoms with E-state index in [4.69, 9.17) is 19.9 Å². The number of hydrogen-bond donors (Lipinski definition) is 0. The lowest BCUT2D eigenvalue weighted by atomic mass is 9.58. The Labute approximate surface area is 233 Å². The van der Waals surface area contributed by atoms with Crippen LogP contribution in [0.15, 0.2) is 18.3 Å². The maximum absolute atomic E-state index is 5.02. The number of pyridine rings is 1. The van der Waals surface area contributed by atoms with Crippen LogP contribution < -0.4 is 16.4 Å². The third-order valence-corrected chi connectivity index (χ3v) is 9.94. The minimum absolute atomic E-state index is 0.0423. The van der Waals surface area contributed by atoms with Gasteiger partial charge in [-0.15, -0.1) is 0 Å². The summed E-state index contributed by atoms with van der Waals surface area (Å²) in [6.45, 7) is 27.4. The summed E-state index contributed by atoms with van der Waals surface area (Å²) in [5, 5.41) is 0. The van der Waals surface area contributed by atoms with Crippen molar-refractivity contribution in [3.8, 4) is 22.6 Å². The van der Waals surface area contributed by atoms with Crippen molar-refractivity contribution >= 4 is 39.9 Å². The standard InChI is InChI=1S/C31H45B3N4/c1-27(2,3)25-36-24(37-26(38-25)28(4,5)6)16-13-14-17(35-15-16)18-21(32)19-20(23(34)22(18)33)30(9,10)31(11,12)29(19,7)8/h13-15H,32-34H2,1-12H3. The van der Waals surface area contributed by atoms with Gasteiger partial charge >= 0.3 is 0 Å². The van der Waals surface area contributed by atoms with Gasteiger partial charge in [0.1, 0.15) is 35.2 Å². The fraction of sp³-hybridized carbons (Fsp3) is 0.548. The van der Waals surface area contributed by atoms with Crippen LogP contribution in [0.2, 0.25) is 0 Å². The summed E-state index contributed by atoms with van der Waals surface area (Å²) in [6, 6.07) is 4.27. The second-order valence-electron chi connectivity index (χ2n) is 15.1. The molecule has 3 aromatic rings.